The van der Waals surface area contributed by atoms with Gasteiger partial charge in [-0.05, 0) is 25.1 Å². The summed E-state index contributed by atoms with van der Waals surface area (Å²) in [6.45, 7) is 3.41. The van der Waals surface area contributed by atoms with E-state index in [1.807, 2.05) is 0 Å². The van der Waals surface area contributed by atoms with E-state index >= 15 is 0 Å². The van der Waals surface area contributed by atoms with Gasteiger partial charge in [0, 0.05) is 12.0 Å². The van der Waals surface area contributed by atoms with Crippen molar-refractivity contribution in [2.75, 3.05) is 0 Å². The average molecular weight is 274 g/mol. The summed E-state index contributed by atoms with van der Waals surface area (Å²) in [7, 11) is 0. The quantitative estimate of drug-likeness (QED) is 0.917. The molecule has 1 aromatic carbocycles. The molecule has 1 amide bonds. The molecule has 1 aromatic rings. The van der Waals surface area contributed by atoms with Crippen LogP contribution in [0.3, 0.4) is 0 Å². The molecule has 0 heterocycles. The summed E-state index contributed by atoms with van der Waals surface area (Å²) in [5.41, 5.74) is 0.384. The van der Waals surface area contributed by atoms with Crippen LogP contribution >= 0.6 is 23.2 Å². The van der Waals surface area contributed by atoms with E-state index < -0.39 is 6.04 Å². The van der Waals surface area contributed by atoms with Crippen molar-refractivity contribution in [2.24, 2.45) is 0 Å². The minimum atomic E-state index is -0.498. The third kappa shape index (κ3) is 3.72. The molecule has 0 saturated heterocycles. The minimum absolute atomic E-state index is 0.0154. The molecule has 0 radical (unpaired) electrons. The molecule has 0 fully saturated rings. The van der Waals surface area contributed by atoms with Gasteiger partial charge in [-0.3, -0.25) is 9.59 Å². The van der Waals surface area contributed by atoms with E-state index in [4.69, 9.17) is 23.2 Å². The zero-order valence-electron chi connectivity index (χ0n) is 9.59. The van der Waals surface area contributed by atoms with Crippen LogP contribution in [0.25, 0.3) is 0 Å². The highest BCUT2D eigenvalue weighted by atomic mass is 35.5. The van der Waals surface area contributed by atoms with Crippen LogP contribution in [-0.2, 0) is 4.79 Å². The lowest BCUT2D eigenvalue weighted by atomic mass is 10.1. The van der Waals surface area contributed by atoms with E-state index in [0.29, 0.717) is 22.0 Å². The van der Waals surface area contributed by atoms with Crippen molar-refractivity contribution >= 4 is 34.9 Å². The molecule has 0 aliphatic heterocycles. The van der Waals surface area contributed by atoms with Crippen molar-refractivity contribution < 1.29 is 9.59 Å². The Balaban J connectivity index is 2.76. The third-order valence-electron chi connectivity index (χ3n) is 2.36. The fraction of sp³-hybridized carbons (Fsp3) is 0.333. The fourth-order valence-corrected chi connectivity index (χ4v) is 1.60. The molecule has 17 heavy (non-hydrogen) atoms. The SMILES string of the molecule is CCC(=O)C(C)NC(=O)c1ccc(Cl)c(Cl)c1. The van der Waals surface area contributed by atoms with E-state index in [1.54, 1.807) is 26.0 Å². The van der Waals surface area contributed by atoms with Gasteiger partial charge in [-0.15, -0.1) is 0 Å². The highest BCUT2D eigenvalue weighted by molar-refractivity contribution is 6.42. The number of benzene rings is 1. The molecule has 1 N–H and O–H groups in total. The maximum atomic E-state index is 11.8. The van der Waals surface area contributed by atoms with Gasteiger partial charge in [0.15, 0.2) is 5.78 Å². The number of Topliss-reactive ketones (excluding diaryl/α,β-unsaturated/α-hetero) is 1. The summed E-state index contributed by atoms with van der Waals surface area (Å²) < 4.78 is 0. The Bertz CT molecular complexity index is 446. The highest BCUT2D eigenvalue weighted by Crippen LogP contribution is 2.22. The smallest absolute Gasteiger partial charge is 0.251 e. The Morgan fingerprint density at radius 3 is 2.47 bits per heavy atom. The molecule has 1 atom stereocenters. The van der Waals surface area contributed by atoms with E-state index in [0.717, 1.165) is 0 Å². The number of amides is 1. The van der Waals surface area contributed by atoms with Gasteiger partial charge < -0.3 is 5.32 Å². The Morgan fingerprint density at radius 1 is 1.29 bits per heavy atom. The molecule has 0 aromatic heterocycles. The second-order valence-electron chi connectivity index (χ2n) is 3.64. The number of ketones is 1. The average Bonchev–Trinajstić information content (AvgIpc) is 2.31. The monoisotopic (exact) mass is 273 g/mol. The van der Waals surface area contributed by atoms with Crippen LogP contribution in [0.1, 0.15) is 30.6 Å². The molecular formula is C12H13Cl2NO2. The lowest BCUT2D eigenvalue weighted by Gasteiger charge is -2.12. The Hall–Kier alpha value is -1.06. The van der Waals surface area contributed by atoms with E-state index in [2.05, 4.69) is 5.32 Å². The number of nitrogens with one attached hydrogen (secondary N) is 1. The molecule has 0 spiro atoms. The normalized spacial score (nSPS) is 12.0. The lowest BCUT2D eigenvalue weighted by molar-refractivity contribution is -0.120. The van der Waals surface area contributed by atoms with Crippen molar-refractivity contribution in [1.29, 1.82) is 0 Å². The van der Waals surface area contributed by atoms with E-state index in [-0.39, 0.29) is 11.7 Å². The predicted octanol–water partition coefficient (Wildman–Crippen LogP) is 3.09. The lowest BCUT2D eigenvalue weighted by Crippen LogP contribution is -2.38. The molecule has 0 saturated carbocycles. The Kier molecular flexibility index (Phi) is 4.97. The highest BCUT2D eigenvalue weighted by Gasteiger charge is 2.15. The zero-order chi connectivity index (χ0) is 13.0. The van der Waals surface area contributed by atoms with Gasteiger partial charge >= 0.3 is 0 Å². The first kappa shape index (κ1) is 14.0. The van der Waals surface area contributed by atoms with Crippen molar-refractivity contribution in [3.05, 3.63) is 33.8 Å². The number of carbonyl (C=O) groups is 2. The van der Waals surface area contributed by atoms with Gasteiger partial charge in [-0.1, -0.05) is 30.1 Å². The molecule has 1 unspecified atom stereocenters. The van der Waals surface area contributed by atoms with Crippen molar-refractivity contribution in [1.82, 2.24) is 5.32 Å². The third-order valence-corrected chi connectivity index (χ3v) is 3.10. The largest absolute Gasteiger partial charge is 0.343 e. The molecule has 0 bridgehead atoms. The summed E-state index contributed by atoms with van der Waals surface area (Å²) in [5.74, 6) is -0.351. The van der Waals surface area contributed by atoms with Crippen LogP contribution in [0.4, 0.5) is 0 Å². The fourth-order valence-electron chi connectivity index (χ4n) is 1.30. The molecule has 0 aliphatic carbocycles. The number of hydrogen-bond donors (Lipinski definition) is 1. The number of halogens is 2. The van der Waals surface area contributed by atoms with Gasteiger partial charge in [0.05, 0.1) is 16.1 Å². The molecule has 0 aliphatic rings. The van der Waals surface area contributed by atoms with Gasteiger partial charge in [0.2, 0.25) is 0 Å². The number of carbonyl (C=O) groups excluding carboxylic acids is 2. The Labute approximate surface area is 110 Å². The molecular weight excluding hydrogens is 261 g/mol. The molecule has 3 nitrogen and oxygen atoms in total. The van der Waals surface area contributed by atoms with Crippen molar-refractivity contribution in [2.45, 2.75) is 26.3 Å². The summed E-state index contributed by atoms with van der Waals surface area (Å²) in [6, 6.07) is 4.09. The van der Waals surface area contributed by atoms with Gasteiger partial charge in [0.1, 0.15) is 0 Å². The van der Waals surface area contributed by atoms with Crippen molar-refractivity contribution in [3.63, 3.8) is 0 Å². The van der Waals surface area contributed by atoms with Gasteiger partial charge in [0.25, 0.3) is 5.91 Å². The van der Waals surface area contributed by atoms with Gasteiger partial charge in [-0.25, -0.2) is 0 Å². The van der Waals surface area contributed by atoms with Gasteiger partial charge in [-0.2, -0.15) is 0 Å². The van der Waals surface area contributed by atoms with Crippen LogP contribution in [0.2, 0.25) is 10.0 Å². The first-order chi connectivity index (χ1) is 7.95. The molecule has 5 heteroatoms. The summed E-state index contributed by atoms with van der Waals surface area (Å²) in [6.07, 6.45) is 0.392. The van der Waals surface area contributed by atoms with Crippen LogP contribution in [0.5, 0.6) is 0 Å². The summed E-state index contributed by atoms with van der Waals surface area (Å²) in [5, 5.41) is 3.31. The number of hydrogen-bond acceptors (Lipinski definition) is 2. The van der Waals surface area contributed by atoms with Crippen LogP contribution in [0.15, 0.2) is 18.2 Å². The first-order valence-electron chi connectivity index (χ1n) is 5.24. The van der Waals surface area contributed by atoms with Crippen LogP contribution in [-0.4, -0.2) is 17.7 Å². The maximum absolute atomic E-state index is 11.8. The summed E-state index contributed by atoms with van der Waals surface area (Å²) >= 11 is 11.6. The van der Waals surface area contributed by atoms with Crippen LogP contribution in [0, 0.1) is 0 Å². The standard InChI is InChI=1S/C12H13Cl2NO2/c1-3-11(16)7(2)15-12(17)8-4-5-9(13)10(14)6-8/h4-7H,3H2,1-2H3,(H,15,17). The van der Waals surface area contributed by atoms with Crippen LogP contribution < -0.4 is 5.32 Å². The summed E-state index contributed by atoms with van der Waals surface area (Å²) in [4.78, 5) is 23.1. The second-order valence-corrected chi connectivity index (χ2v) is 4.46. The first-order valence-corrected chi connectivity index (χ1v) is 6.00. The zero-order valence-corrected chi connectivity index (χ0v) is 11.1. The second kappa shape index (κ2) is 6.03. The predicted molar refractivity (Wildman–Crippen MR) is 68.7 cm³/mol. The van der Waals surface area contributed by atoms with E-state index in [9.17, 15) is 9.59 Å². The number of rotatable bonds is 4. The van der Waals surface area contributed by atoms with Crippen molar-refractivity contribution in [3.8, 4) is 0 Å². The molecule has 92 valence electrons. The molecule has 1 rings (SSSR count). The van der Waals surface area contributed by atoms with E-state index in [1.165, 1.54) is 6.07 Å². The Morgan fingerprint density at radius 2 is 1.94 bits per heavy atom. The minimum Gasteiger partial charge on any atom is -0.343 e. The maximum Gasteiger partial charge on any atom is 0.251 e. The topological polar surface area (TPSA) is 46.2 Å².